The van der Waals surface area contributed by atoms with Gasteiger partial charge in [-0.1, -0.05) is 12.1 Å². The van der Waals surface area contributed by atoms with Crippen molar-refractivity contribution in [1.82, 2.24) is 4.90 Å². The first-order valence-electron chi connectivity index (χ1n) is 9.23. The van der Waals surface area contributed by atoms with Gasteiger partial charge in [-0.2, -0.15) is 0 Å². The van der Waals surface area contributed by atoms with Crippen molar-refractivity contribution < 1.29 is 24.0 Å². The number of ether oxygens (including phenoxy) is 2. The number of methoxy groups -OCH3 is 1. The highest BCUT2D eigenvalue weighted by molar-refractivity contribution is 5.92. The number of carbonyl (C=O) groups is 2. The maximum atomic E-state index is 12.6. The molecule has 0 saturated heterocycles. The Hall–Kier alpha value is -3.42. The minimum Gasteiger partial charge on any atom is -0.497 e. The lowest BCUT2D eigenvalue weighted by Crippen LogP contribution is -2.36. The topological polar surface area (TPSA) is 99.0 Å². The van der Waals surface area contributed by atoms with Crippen molar-refractivity contribution in [3.05, 3.63) is 69.3 Å². The van der Waals surface area contributed by atoms with Gasteiger partial charge in [0.2, 0.25) is 0 Å². The Kier molecular flexibility index (Phi) is 6.11. The molecule has 0 radical (unpaired) electrons. The molecule has 0 atom stereocenters. The van der Waals surface area contributed by atoms with E-state index in [0.29, 0.717) is 12.1 Å². The van der Waals surface area contributed by atoms with E-state index in [1.165, 1.54) is 18.2 Å². The van der Waals surface area contributed by atoms with Crippen LogP contribution >= 0.6 is 0 Å². The average molecular weight is 398 g/mol. The van der Waals surface area contributed by atoms with Crippen LogP contribution in [0, 0.1) is 17.0 Å². The van der Waals surface area contributed by atoms with Crippen LogP contribution in [-0.4, -0.2) is 41.5 Å². The third-order valence-electron chi connectivity index (χ3n) is 4.78. The second-order valence-electron chi connectivity index (χ2n) is 6.94. The van der Waals surface area contributed by atoms with Gasteiger partial charge < -0.3 is 14.4 Å². The molecule has 1 amide bonds. The Morgan fingerprint density at radius 3 is 2.41 bits per heavy atom. The number of hydrogen-bond donors (Lipinski definition) is 0. The Labute approximate surface area is 168 Å². The van der Waals surface area contributed by atoms with Gasteiger partial charge in [0.15, 0.2) is 6.61 Å². The van der Waals surface area contributed by atoms with E-state index in [1.807, 2.05) is 24.3 Å². The van der Waals surface area contributed by atoms with E-state index >= 15 is 0 Å². The maximum absolute atomic E-state index is 12.6. The molecule has 152 valence electrons. The van der Waals surface area contributed by atoms with E-state index in [-0.39, 0.29) is 29.8 Å². The summed E-state index contributed by atoms with van der Waals surface area (Å²) < 4.78 is 10.3. The molecular weight excluding hydrogens is 376 g/mol. The lowest BCUT2D eigenvalue weighted by Gasteiger charge is -2.22. The lowest BCUT2D eigenvalue weighted by molar-refractivity contribution is -0.385. The van der Waals surface area contributed by atoms with Crippen LogP contribution in [0.1, 0.15) is 34.3 Å². The van der Waals surface area contributed by atoms with Gasteiger partial charge in [0.25, 0.3) is 11.6 Å². The Morgan fingerprint density at radius 1 is 1.17 bits per heavy atom. The van der Waals surface area contributed by atoms with Crippen molar-refractivity contribution in [2.24, 2.45) is 0 Å². The summed E-state index contributed by atoms with van der Waals surface area (Å²) in [7, 11) is 1.59. The van der Waals surface area contributed by atoms with Crippen LogP contribution in [0.15, 0.2) is 42.5 Å². The molecule has 0 spiro atoms. The SMILES string of the molecule is COc1ccc(CN(C(=O)COC(=O)c2ccc([N+](=O)[O-])c(C)c2)C2CC2)cc1. The highest BCUT2D eigenvalue weighted by Crippen LogP contribution is 2.29. The van der Waals surface area contributed by atoms with Crippen LogP contribution in [0.25, 0.3) is 0 Å². The third-order valence-corrected chi connectivity index (χ3v) is 4.78. The van der Waals surface area contributed by atoms with Crippen molar-refractivity contribution in [3.8, 4) is 5.75 Å². The third kappa shape index (κ3) is 5.10. The summed E-state index contributed by atoms with van der Waals surface area (Å²) in [5.41, 5.74) is 1.42. The number of carbonyl (C=O) groups excluding carboxylic acids is 2. The fourth-order valence-electron chi connectivity index (χ4n) is 3.02. The number of hydrogen-bond acceptors (Lipinski definition) is 6. The number of benzene rings is 2. The van der Waals surface area contributed by atoms with E-state index in [9.17, 15) is 19.7 Å². The smallest absolute Gasteiger partial charge is 0.338 e. The monoisotopic (exact) mass is 398 g/mol. The zero-order valence-corrected chi connectivity index (χ0v) is 16.3. The lowest BCUT2D eigenvalue weighted by atomic mass is 10.1. The Balaban J connectivity index is 1.60. The number of rotatable bonds is 8. The number of esters is 1. The standard InChI is InChI=1S/C21H22N2O6/c1-14-11-16(5-10-19(14)23(26)27)21(25)29-13-20(24)22(17-6-7-17)12-15-3-8-18(28-2)9-4-15/h3-5,8-11,17H,6-7,12-13H2,1-2H3. The first kappa shape index (κ1) is 20.3. The molecule has 1 saturated carbocycles. The second-order valence-corrected chi connectivity index (χ2v) is 6.94. The number of nitrogens with zero attached hydrogens (tertiary/aromatic N) is 2. The summed E-state index contributed by atoms with van der Waals surface area (Å²) in [5.74, 6) is -0.211. The van der Waals surface area contributed by atoms with E-state index in [4.69, 9.17) is 9.47 Å². The second kappa shape index (κ2) is 8.72. The van der Waals surface area contributed by atoms with Gasteiger partial charge in [-0.05, 0) is 49.6 Å². The molecule has 1 aliphatic rings. The van der Waals surface area contributed by atoms with Crippen LogP contribution in [0.2, 0.25) is 0 Å². The molecule has 0 aliphatic heterocycles. The average Bonchev–Trinajstić information content (AvgIpc) is 3.55. The molecule has 0 N–H and O–H groups in total. The summed E-state index contributed by atoms with van der Waals surface area (Å²) in [5, 5.41) is 10.9. The van der Waals surface area contributed by atoms with Crippen molar-refractivity contribution >= 4 is 17.6 Å². The van der Waals surface area contributed by atoms with Crippen LogP contribution in [0.5, 0.6) is 5.75 Å². The fourth-order valence-corrected chi connectivity index (χ4v) is 3.02. The summed E-state index contributed by atoms with van der Waals surface area (Å²) in [6.45, 7) is 1.60. The first-order chi connectivity index (χ1) is 13.9. The predicted octanol–water partition coefficient (Wildman–Crippen LogP) is 3.26. The molecule has 0 unspecified atom stereocenters. The fraction of sp³-hybridized carbons (Fsp3) is 0.333. The Morgan fingerprint density at radius 2 is 1.86 bits per heavy atom. The van der Waals surface area contributed by atoms with Crippen molar-refractivity contribution in [2.75, 3.05) is 13.7 Å². The van der Waals surface area contributed by atoms with E-state index in [2.05, 4.69) is 0 Å². The van der Waals surface area contributed by atoms with Crippen LogP contribution < -0.4 is 4.74 Å². The summed E-state index contributed by atoms with van der Waals surface area (Å²) in [4.78, 5) is 37.0. The Bertz CT molecular complexity index is 921. The number of nitro benzene ring substituents is 1. The van der Waals surface area contributed by atoms with Crippen LogP contribution in [0.4, 0.5) is 5.69 Å². The molecule has 8 heteroatoms. The zero-order valence-electron chi connectivity index (χ0n) is 16.3. The van der Waals surface area contributed by atoms with Crippen molar-refractivity contribution in [2.45, 2.75) is 32.4 Å². The minimum atomic E-state index is -0.684. The molecule has 2 aromatic rings. The van der Waals surface area contributed by atoms with E-state index in [0.717, 1.165) is 24.2 Å². The van der Waals surface area contributed by atoms with Gasteiger partial charge >= 0.3 is 5.97 Å². The molecule has 29 heavy (non-hydrogen) atoms. The molecule has 0 aromatic heterocycles. The van der Waals surface area contributed by atoms with Crippen molar-refractivity contribution in [3.63, 3.8) is 0 Å². The predicted molar refractivity (Wildman–Crippen MR) is 105 cm³/mol. The molecule has 8 nitrogen and oxygen atoms in total. The van der Waals surface area contributed by atoms with Gasteiger partial charge in [-0.3, -0.25) is 14.9 Å². The highest BCUT2D eigenvalue weighted by Gasteiger charge is 2.33. The quantitative estimate of drug-likeness (QED) is 0.384. The van der Waals surface area contributed by atoms with Gasteiger partial charge in [-0.15, -0.1) is 0 Å². The molecule has 2 aromatic carbocycles. The highest BCUT2D eigenvalue weighted by atomic mass is 16.6. The summed E-state index contributed by atoms with van der Waals surface area (Å²) in [6, 6.07) is 11.6. The summed E-state index contributed by atoms with van der Waals surface area (Å²) >= 11 is 0. The summed E-state index contributed by atoms with van der Waals surface area (Å²) in [6.07, 6.45) is 1.86. The molecule has 3 rings (SSSR count). The first-order valence-corrected chi connectivity index (χ1v) is 9.23. The zero-order chi connectivity index (χ0) is 21.0. The van der Waals surface area contributed by atoms with Gasteiger partial charge in [0, 0.05) is 24.2 Å². The van der Waals surface area contributed by atoms with Crippen LogP contribution in [-0.2, 0) is 16.1 Å². The molecule has 1 fully saturated rings. The molecule has 0 bridgehead atoms. The number of amides is 1. The van der Waals surface area contributed by atoms with E-state index < -0.39 is 10.9 Å². The molecule has 0 heterocycles. The van der Waals surface area contributed by atoms with Gasteiger partial charge in [0.1, 0.15) is 5.75 Å². The normalized spacial score (nSPS) is 12.9. The largest absolute Gasteiger partial charge is 0.497 e. The molecule has 1 aliphatic carbocycles. The number of nitro groups is 1. The van der Waals surface area contributed by atoms with Crippen LogP contribution in [0.3, 0.4) is 0 Å². The van der Waals surface area contributed by atoms with Crippen molar-refractivity contribution in [1.29, 1.82) is 0 Å². The maximum Gasteiger partial charge on any atom is 0.338 e. The van der Waals surface area contributed by atoms with Gasteiger partial charge in [0.05, 0.1) is 17.6 Å². The molecular formula is C21H22N2O6. The number of aryl methyl sites for hydroxylation is 1. The van der Waals surface area contributed by atoms with Gasteiger partial charge in [-0.25, -0.2) is 4.79 Å². The minimum absolute atomic E-state index is 0.0722. The van der Waals surface area contributed by atoms with E-state index in [1.54, 1.807) is 18.9 Å².